The summed E-state index contributed by atoms with van der Waals surface area (Å²) in [4.78, 5) is 12.5. The van der Waals surface area contributed by atoms with E-state index in [2.05, 4.69) is 0 Å². The van der Waals surface area contributed by atoms with E-state index in [1.54, 1.807) is 13.2 Å². The van der Waals surface area contributed by atoms with Gasteiger partial charge in [0.15, 0.2) is 5.78 Å². The standard InChI is InChI=1S/C16H17NO2/c1-11-6-7-15(19-2)14(8-11)16(18)13-5-3-4-12(9-13)10-17/h3-9H,10,17H2,1-2H3. The lowest BCUT2D eigenvalue weighted by atomic mass is 9.99. The van der Waals surface area contributed by atoms with Crippen molar-refractivity contribution < 1.29 is 9.53 Å². The zero-order chi connectivity index (χ0) is 13.8. The highest BCUT2D eigenvalue weighted by Gasteiger charge is 2.14. The number of rotatable bonds is 4. The van der Waals surface area contributed by atoms with Gasteiger partial charge in [0.2, 0.25) is 0 Å². The van der Waals surface area contributed by atoms with Crippen molar-refractivity contribution in [3.63, 3.8) is 0 Å². The molecule has 3 heteroatoms. The molecule has 0 spiro atoms. The summed E-state index contributed by atoms with van der Waals surface area (Å²) < 4.78 is 5.25. The third kappa shape index (κ3) is 2.83. The van der Waals surface area contributed by atoms with Crippen LogP contribution in [0, 0.1) is 6.92 Å². The molecule has 19 heavy (non-hydrogen) atoms. The molecule has 0 aromatic heterocycles. The van der Waals surface area contributed by atoms with Crippen LogP contribution in [0.2, 0.25) is 0 Å². The number of carbonyl (C=O) groups excluding carboxylic acids is 1. The molecule has 0 heterocycles. The second-order valence-corrected chi connectivity index (χ2v) is 4.44. The first-order valence-electron chi connectivity index (χ1n) is 6.14. The molecule has 0 bridgehead atoms. The third-order valence-corrected chi connectivity index (χ3v) is 3.02. The van der Waals surface area contributed by atoms with E-state index in [4.69, 9.17) is 10.5 Å². The maximum absolute atomic E-state index is 12.5. The summed E-state index contributed by atoms with van der Waals surface area (Å²) in [6, 6.07) is 13.0. The lowest BCUT2D eigenvalue weighted by Crippen LogP contribution is -2.06. The fraction of sp³-hybridized carbons (Fsp3) is 0.188. The Kier molecular flexibility index (Phi) is 3.97. The molecule has 0 radical (unpaired) electrons. The zero-order valence-electron chi connectivity index (χ0n) is 11.1. The van der Waals surface area contributed by atoms with Crippen LogP contribution in [-0.4, -0.2) is 12.9 Å². The minimum Gasteiger partial charge on any atom is -0.496 e. The summed E-state index contributed by atoms with van der Waals surface area (Å²) in [5.41, 5.74) is 8.78. The number of carbonyl (C=O) groups is 1. The highest BCUT2D eigenvalue weighted by Crippen LogP contribution is 2.23. The average molecular weight is 255 g/mol. The van der Waals surface area contributed by atoms with Gasteiger partial charge in [-0.25, -0.2) is 0 Å². The Hall–Kier alpha value is -2.13. The zero-order valence-corrected chi connectivity index (χ0v) is 11.1. The summed E-state index contributed by atoms with van der Waals surface area (Å²) in [6.45, 7) is 2.37. The summed E-state index contributed by atoms with van der Waals surface area (Å²) in [5.74, 6) is 0.546. The molecule has 2 aromatic carbocycles. The molecule has 2 N–H and O–H groups in total. The van der Waals surface area contributed by atoms with E-state index in [0.29, 0.717) is 23.4 Å². The van der Waals surface area contributed by atoms with Gasteiger partial charge in [0.05, 0.1) is 12.7 Å². The maximum Gasteiger partial charge on any atom is 0.196 e. The minimum absolute atomic E-state index is 0.0455. The molecule has 3 nitrogen and oxygen atoms in total. The van der Waals surface area contributed by atoms with Crippen molar-refractivity contribution in [2.24, 2.45) is 5.73 Å². The Balaban J connectivity index is 2.46. The van der Waals surface area contributed by atoms with Crippen LogP contribution in [0.4, 0.5) is 0 Å². The van der Waals surface area contributed by atoms with Crippen molar-refractivity contribution in [1.29, 1.82) is 0 Å². The first kappa shape index (κ1) is 13.3. The molecule has 0 aliphatic heterocycles. The lowest BCUT2D eigenvalue weighted by Gasteiger charge is -2.09. The van der Waals surface area contributed by atoms with E-state index in [1.807, 2.05) is 43.3 Å². The molecule has 0 amide bonds. The van der Waals surface area contributed by atoms with Crippen LogP contribution in [0.3, 0.4) is 0 Å². The third-order valence-electron chi connectivity index (χ3n) is 3.02. The Morgan fingerprint density at radius 1 is 1.21 bits per heavy atom. The molecule has 0 atom stereocenters. The van der Waals surface area contributed by atoms with Crippen molar-refractivity contribution in [2.45, 2.75) is 13.5 Å². The number of methoxy groups -OCH3 is 1. The average Bonchev–Trinajstić information content (AvgIpc) is 2.46. The molecule has 98 valence electrons. The molecule has 2 aromatic rings. The first-order valence-corrected chi connectivity index (χ1v) is 6.14. The van der Waals surface area contributed by atoms with Gasteiger partial charge in [0, 0.05) is 12.1 Å². The van der Waals surface area contributed by atoms with Gasteiger partial charge in [-0.2, -0.15) is 0 Å². The number of hydrogen-bond acceptors (Lipinski definition) is 3. The van der Waals surface area contributed by atoms with Gasteiger partial charge < -0.3 is 10.5 Å². The lowest BCUT2D eigenvalue weighted by molar-refractivity contribution is 0.103. The van der Waals surface area contributed by atoms with E-state index in [0.717, 1.165) is 11.1 Å². The van der Waals surface area contributed by atoms with Crippen LogP contribution in [0.15, 0.2) is 42.5 Å². The highest BCUT2D eigenvalue weighted by atomic mass is 16.5. The monoisotopic (exact) mass is 255 g/mol. The number of aryl methyl sites for hydroxylation is 1. The second-order valence-electron chi connectivity index (χ2n) is 4.44. The minimum atomic E-state index is -0.0455. The quantitative estimate of drug-likeness (QED) is 0.855. The van der Waals surface area contributed by atoms with Crippen molar-refractivity contribution >= 4 is 5.78 Å². The largest absolute Gasteiger partial charge is 0.496 e. The molecule has 0 saturated carbocycles. The van der Waals surface area contributed by atoms with Crippen LogP contribution in [-0.2, 0) is 6.54 Å². The van der Waals surface area contributed by atoms with Gasteiger partial charge in [-0.15, -0.1) is 0 Å². The van der Waals surface area contributed by atoms with Crippen LogP contribution in [0.5, 0.6) is 5.75 Å². The summed E-state index contributed by atoms with van der Waals surface area (Å²) in [7, 11) is 1.57. The number of benzene rings is 2. The van der Waals surface area contributed by atoms with Gasteiger partial charge in [-0.1, -0.05) is 29.8 Å². The second kappa shape index (κ2) is 5.67. The SMILES string of the molecule is COc1ccc(C)cc1C(=O)c1cccc(CN)c1. The van der Waals surface area contributed by atoms with E-state index >= 15 is 0 Å². The molecular formula is C16H17NO2. The fourth-order valence-electron chi connectivity index (χ4n) is 1.99. The predicted octanol–water partition coefficient (Wildman–Crippen LogP) is 2.69. The Morgan fingerprint density at radius 2 is 2.00 bits per heavy atom. The summed E-state index contributed by atoms with van der Waals surface area (Å²) in [6.07, 6.45) is 0. The summed E-state index contributed by atoms with van der Waals surface area (Å²) >= 11 is 0. The number of ether oxygens (including phenoxy) is 1. The molecule has 0 aliphatic rings. The molecule has 0 unspecified atom stereocenters. The Morgan fingerprint density at radius 3 is 2.68 bits per heavy atom. The fourth-order valence-corrected chi connectivity index (χ4v) is 1.99. The van der Waals surface area contributed by atoms with Gasteiger partial charge in [0.1, 0.15) is 5.75 Å². The topological polar surface area (TPSA) is 52.3 Å². The van der Waals surface area contributed by atoms with Gasteiger partial charge in [0.25, 0.3) is 0 Å². The highest BCUT2D eigenvalue weighted by molar-refractivity contribution is 6.10. The smallest absolute Gasteiger partial charge is 0.196 e. The summed E-state index contributed by atoms with van der Waals surface area (Å²) in [5, 5.41) is 0. The molecule has 0 aliphatic carbocycles. The number of hydrogen-bond donors (Lipinski definition) is 1. The van der Waals surface area contributed by atoms with Crippen molar-refractivity contribution in [3.8, 4) is 5.75 Å². The van der Waals surface area contributed by atoms with Crippen LogP contribution in [0.25, 0.3) is 0 Å². The van der Waals surface area contributed by atoms with Gasteiger partial charge in [-0.05, 0) is 30.7 Å². The first-order chi connectivity index (χ1) is 9.15. The molecule has 0 fully saturated rings. The predicted molar refractivity (Wildman–Crippen MR) is 75.5 cm³/mol. The Labute approximate surface area is 113 Å². The van der Waals surface area contributed by atoms with Crippen molar-refractivity contribution in [2.75, 3.05) is 7.11 Å². The maximum atomic E-state index is 12.5. The van der Waals surface area contributed by atoms with Crippen LogP contribution < -0.4 is 10.5 Å². The molecule has 0 saturated heterocycles. The number of nitrogens with two attached hydrogens (primary N) is 1. The van der Waals surface area contributed by atoms with Gasteiger partial charge in [-0.3, -0.25) is 4.79 Å². The van der Waals surface area contributed by atoms with E-state index < -0.39 is 0 Å². The van der Waals surface area contributed by atoms with Crippen LogP contribution >= 0.6 is 0 Å². The van der Waals surface area contributed by atoms with Gasteiger partial charge >= 0.3 is 0 Å². The van der Waals surface area contributed by atoms with E-state index in [-0.39, 0.29) is 5.78 Å². The van der Waals surface area contributed by atoms with E-state index in [1.165, 1.54) is 0 Å². The van der Waals surface area contributed by atoms with E-state index in [9.17, 15) is 4.79 Å². The van der Waals surface area contributed by atoms with Crippen LogP contribution in [0.1, 0.15) is 27.0 Å². The number of ketones is 1. The van der Waals surface area contributed by atoms with Crippen molar-refractivity contribution in [3.05, 3.63) is 64.7 Å². The molecule has 2 rings (SSSR count). The molecular weight excluding hydrogens is 238 g/mol. The van der Waals surface area contributed by atoms with Crippen molar-refractivity contribution in [1.82, 2.24) is 0 Å². The normalized spacial score (nSPS) is 10.3. The Bertz CT molecular complexity index is 605.